The molecular weight excluding hydrogens is 384 g/mol. The smallest absolute Gasteiger partial charge is 0.294 e. The van der Waals surface area contributed by atoms with E-state index < -0.39 is 17.1 Å². The summed E-state index contributed by atoms with van der Waals surface area (Å²) in [5.41, 5.74) is 4.88. The average molecular weight is 409 g/mol. The largest absolute Gasteiger partial charge is 0.325 e. The predicted molar refractivity (Wildman–Crippen MR) is 118 cm³/mol. The molecule has 150 valence electrons. The molecule has 0 radical (unpaired) electrons. The van der Waals surface area contributed by atoms with Crippen LogP contribution in [0.3, 0.4) is 0 Å². The Morgan fingerprint density at radius 3 is 2.38 bits per heavy atom. The Kier molecular flexibility index (Phi) is 6.23. The molecule has 2 aromatic rings. The maximum Gasteiger partial charge on any atom is 0.294 e. The number of hydrogen-bond donors (Lipinski definition) is 1. The maximum atomic E-state index is 12.6. The molecule has 0 spiro atoms. The van der Waals surface area contributed by atoms with E-state index >= 15 is 0 Å². The van der Waals surface area contributed by atoms with E-state index in [9.17, 15) is 14.4 Å². The lowest BCUT2D eigenvalue weighted by atomic mass is 10.0. The Morgan fingerprint density at radius 2 is 1.76 bits per heavy atom. The van der Waals surface area contributed by atoms with Crippen molar-refractivity contribution < 1.29 is 14.4 Å². The number of nitrogens with zero attached hydrogens (tertiary/aromatic N) is 1. The van der Waals surface area contributed by atoms with Crippen LogP contribution in [0.1, 0.15) is 42.0 Å². The summed E-state index contributed by atoms with van der Waals surface area (Å²) in [4.78, 5) is 38.5. The zero-order chi connectivity index (χ0) is 21.1. The van der Waals surface area contributed by atoms with Crippen LogP contribution in [0.25, 0.3) is 6.08 Å². The van der Waals surface area contributed by atoms with Crippen LogP contribution in [0.15, 0.2) is 47.4 Å². The lowest BCUT2D eigenvalue weighted by Crippen LogP contribution is -2.36. The molecule has 0 saturated carbocycles. The highest BCUT2D eigenvalue weighted by Crippen LogP contribution is 2.32. The van der Waals surface area contributed by atoms with Crippen LogP contribution in [-0.4, -0.2) is 28.5 Å². The van der Waals surface area contributed by atoms with Gasteiger partial charge in [-0.2, -0.15) is 0 Å². The number of nitrogens with one attached hydrogen (secondary N) is 1. The molecule has 3 amide bonds. The third-order valence-electron chi connectivity index (χ3n) is 4.87. The van der Waals surface area contributed by atoms with Gasteiger partial charge in [0.25, 0.3) is 11.1 Å². The Labute approximate surface area is 175 Å². The van der Waals surface area contributed by atoms with E-state index in [0.717, 1.165) is 33.4 Å². The van der Waals surface area contributed by atoms with Crippen LogP contribution in [-0.2, 0) is 9.59 Å². The minimum absolute atomic E-state index is 0.304. The van der Waals surface area contributed by atoms with Gasteiger partial charge in [0.15, 0.2) is 0 Å². The standard InChI is InChI=1S/C23H24N2O3S/c1-14(2)18-8-6-17(7-9-18)12-20-22(27)25(23(28)29-20)13-21(26)24-19-10-5-15(3)16(4)11-19/h5-12,14H,13H2,1-4H3,(H,24,26). The minimum atomic E-state index is -0.442. The summed E-state index contributed by atoms with van der Waals surface area (Å²) in [6.07, 6.45) is 1.69. The SMILES string of the molecule is Cc1ccc(NC(=O)CN2C(=O)SC(=Cc3ccc(C(C)C)cc3)C2=O)cc1C. The van der Waals surface area contributed by atoms with Crippen molar-refractivity contribution in [2.45, 2.75) is 33.6 Å². The molecular formula is C23H24N2O3S. The van der Waals surface area contributed by atoms with Gasteiger partial charge >= 0.3 is 0 Å². The van der Waals surface area contributed by atoms with Crippen molar-refractivity contribution in [3.8, 4) is 0 Å². The second-order valence-electron chi connectivity index (χ2n) is 7.44. The highest BCUT2D eigenvalue weighted by Gasteiger charge is 2.36. The van der Waals surface area contributed by atoms with Crippen molar-refractivity contribution in [1.29, 1.82) is 0 Å². The van der Waals surface area contributed by atoms with E-state index in [2.05, 4.69) is 19.2 Å². The summed E-state index contributed by atoms with van der Waals surface area (Å²) in [7, 11) is 0. The van der Waals surface area contributed by atoms with Crippen molar-refractivity contribution in [3.05, 3.63) is 69.6 Å². The number of imide groups is 1. The molecule has 1 aliphatic rings. The topological polar surface area (TPSA) is 66.5 Å². The van der Waals surface area contributed by atoms with E-state index in [1.165, 1.54) is 5.56 Å². The molecule has 3 rings (SSSR count). The van der Waals surface area contributed by atoms with Crippen molar-refractivity contribution in [3.63, 3.8) is 0 Å². The molecule has 0 aliphatic carbocycles. The maximum absolute atomic E-state index is 12.6. The van der Waals surface area contributed by atoms with Crippen LogP contribution < -0.4 is 5.32 Å². The molecule has 1 N–H and O–H groups in total. The monoisotopic (exact) mass is 408 g/mol. The van der Waals surface area contributed by atoms with E-state index in [-0.39, 0.29) is 6.54 Å². The zero-order valence-electron chi connectivity index (χ0n) is 17.0. The van der Waals surface area contributed by atoms with Gasteiger partial charge in [-0.25, -0.2) is 0 Å². The third-order valence-corrected chi connectivity index (χ3v) is 5.77. The number of thioether (sulfide) groups is 1. The molecule has 0 unspecified atom stereocenters. The summed E-state index contributed by atoms with van der Waals surface area (Å²) < 4.78 is 0. The molecule has 1 saturated heterocycles. The van der Waals surface area contributed by atoms with E-state index in [4.69, 9.17) is 0 Å². The quantitative estimate of drug-likeness (QED) is 0.699. The molecule has 0 bridgehead atoms. The number of carbonyl (C=O) groups excluding carboxylic acids is 3. The first-order chi connectivity index (χ1) is 13.7. The number of amides is 3. The molecule has 5 nitrogen and oxygen atoms in total. The Hall–Kier alpha value is -2.86. The Morgan fingerprint density at radius 1 is 1.07 bits per heavy atom. The van der Waals surface area contributed by atoms with Gasteiger partial charge in [-0.15, -0.1) is 0 Å². The first-order valence-corrected chi connectivity index (χ1v) is 10.3. The van der Waals surface area contributed by atoms with Crippen molar-refractivity contribution in [2.24, 2.45) is 0 Å². The predicted octanol–water partition coefficient (Wildman–Crippen LogP) is 5.10. The molecule has 1 fully saturated rings. The van der Waals surface area contributed by atoms with E-state index in [1.807, 2.05) is 50.2 Å². The summed E-state index contributed by atoms with van der Waals surface area (Å²) in [6, 6.07) is 13.5. The van der Waals surface area contributed by atoms with Gasteiger partial charge < -0.3 is 5.32 Å². The van der Waals surface area contributed by atoms with Crippen molar-refractivity contribution in [2.75, 3.05) is 11.9 Å². The van der Waals surface area contributed by atoms with Crippen LogP contribution in [0, 0.1) is 13.8 Å². The highest BCUT2D eigenvalue weighted by molar-refractivity contribution is 8.18. The fourth-order valence-corrected chi connectivity index (χ4v) is 3.77. The van der Waals surface area contributed by atoms with Gasteiger partial charge in [-0.3, -0.25) is 19.3 Å². The fraction of sp³-hybridized carbons (Fsp3) is 0.261. The number of carbonyl (C=O) groups is 3. The second kappa shape index (κ2) is 8.66. The van der Waals surface area contributed by atoms with Gasteiger partial charge in [0.1, 0.15) is 6.54 Å². The zero-order valence-corrected chi connectivity index (χ0v) is 17.8. The first kappa shape index (κ1) is 20.9. The van der Waals surface area contributed by atoms with Crippen LogP contribution >= 0.6 is 11.8 Å². The number of aryl methyl sites for hydroxylation is 2. The van der Waals surface area contributed by atoms with Crippen LogP contribution in [0.4, 0.5) is 10.5 Å². The summed E-state index contributed by atoms with van der Waals surface area (Å²) >= 11 is 0.858. The van der Waals surface area contributed by atoms with Crippen LogP contribution in [0.5, 0.6) is 0 Å². The summed E-state index contributed by atoms with van der Waals surface area (Å²) in [5, 5.41) is 2.31. The lowest BCUT2D eigenvalue weighted by molar-refractivity contribution is -0.127. The van der Waals surface area contributed by atoms with Crippen molar-refractivity contribution >= 4 is 40.6 Å². The van der Waals surface area contributed by atoms with Gasteiger partial charge in [-0.05, 0) is 72.0 Å². The number of benzene rings is 2. The third kappa shape index (κ3) is 4.95. The highest BCUT2D eigenvalue weighted by atomic mass is 32.2. The molecule has 1 aliphatic heterocycles. The van der Waals surface area contributed by atoms with Gasteiger partial charge in [0.2, 0.25) is 5.91 Å². The average Bonchev–Trinajstić information content (AvgIpc) is 2.92. The molecule has 0 aromatic heterocycles. The second-order valence-corrected chi connectivity index (χ2v) is 8.43. The Bertz CT molecular complexity index is 994. The molecule has 1 heterocycles. The van der Waals surface area contributed by atoms with Crippen LogP contribution in [0.2, 0.25) is 0 Å². The van der Waals surface area contributed by atoms with Crippen molar-refractivity contribution in [1.82, 2.24) is 4.90 Å². The first-order valence-electron chi connectivity index (χ1n) is 9.47. The molecule has 6 heteroatoms. The van der Waals surface area contributed by atoms with E-state index in [0.29, 0.717) is 16.5 Å². The number of anilines is 1. The summed E-state index contributed by atoms with van der Waals surface area (Å²) in [6.45, 7) is 7.87. The lowest BCUT2D eigenvalue weighted by Gasteiger charge is -2.13. The number of rotatable bonds is 5. The molecule has 2 aromatic carbocycles. The van der Waals surface area contributed by atoms with E-state index in [1.54, 1.807) is 12.1 Å². The fourth-order valence-electron chi connectivity index (χ4n) is 2.93. The summed E-state index contributed by atoms with van der Waals surface area (Å²) in [5.74, 6) is -0.423. The van der Waals surface area contributed by atoms with Gasteiger partial charge in [0.05, 0.1) is 4.91 Å². The normalized spacial score (nSPS) is 15.5. The Balaban J connectivity index is 1.68. The molecule has 29 heavy (non-hydrogen) atoms. The molecule has 0 atom stereocenters. The number of hydrogen-bond acceptors (Lipinski definition) is 4. The van der Waals surface area contributed by atoms with Gasteiger partial charge in [0, 0.05) is 5.69 Å². The van der Waals surface area contributed by atoms with Gasteiger partial charge in [-0.1, -0.05) is 44.2 Å². The minimum Gasteiger partial charge on any atom is -0.325 e.